The zero-order valence-corrected chi connectivity index (χ0v) is 10.3. The summed E-state index contributed by atoms with van der Waals surface area (Å²) in [6.07, 6.45) is 4.72. The number of amides is 1. The molecule has 0 atom stereocenters. The molecule has 1 aromatic rings. The SMILES string of the molecule is Cn1ccc(NC(=O)C2(C(N)=NO)CCCC2)n1. The van der Waals surface area contributed by atoms with E-state index in [1.165, 1.54) is 0 Å². The van der Waals surface area contributed by atoms with Crippen LogP contribution in [-0.2, 0) is 11.8 Å². The molecule has 1 heterocycles. The van der Waals surface area contributed by atoms with Crippen LogP contribution >= 0.6 is 0 Å². The average Bonchev–Trinajstić information content (AvgIpc) is 2.98. The van der Waals surface area contributed by atoms with Gasteiger partial charge in [0.05, 0.1) is 0 Å². The van der Waals surface area contributed by atoms with E-state index in [1.54, 1.807) is 24.0 Å². The fourth-order valence-corrected chi connectivity index (χ4v) is 2.39. The molecule has 1 aliphatic rings. The first kappa shape index (κ1) is 12.4. The van der Waals surface area contributed by atoms with Gasteiger partial charge in [-0.3, -0.25) is 9.48 Å². The molecule has 0 radical (unpaired) electrons. The summed E-state index contributed by atoms with van der Waals surface area (Å²) in [6.45, 7) is 0. The van der Waals surface area contributed by atoms with Crippen LogP contribution in [0.15, 0.2) is 17.4 Å². The number of oxime groups is 1. The Morgan fingerprint density at radius 2 is 2.28 bits per heavy atom. The van der Waals surface area contributed by atoms with Crippen molar-refractivity contribution in [3.05, 3.63) is 12.3 Å². The first-order valence-electron chi connectivity index (χ1n) is 5.87. The van der Waals surface area contributed by atoms with Crippen LogP contribution in [0.3, 0.4) is 0 Å². The second kappa shape index (κ2) is 4.67. The van der Waals surface area contributed by atoms with Gasteiger partial charge in [-0.2, -0.15) is 5.10 Å². The molecule has 1 aromatic heterocycles. The van der Waals surface area contributed by atoms with E-state index >= 15 is 0 Å². The molecule has 1 aliphatic carbocycles. The molecule has 1 saturated carbocycles. The number of rotatable bonds is 3. The molecule has 0 spiro atoms. The molecule has 0 aliphatic heterocycles. The van der Waals surface area contributed by atoms with Crippen molar-refractivity contribution in [2.75, 3.05) is 5.32 Å². The van der Waals surface area contributed by atoms with Gasteiger partial charge in [0.15, 0.2) is 11.7 Å². The Hall–Kier alpha value is -2.05. The van der Waals surface area contributed by atoms with E-state index in [-0.39, 0.29) is 11.7 Å². The Labute approximate surface area is 105 Å². The zero-order valence-electron chi connectivity index (χ0n) is 10.3. The molecule has 4 N–H and O–H groups in total. The maximum absolute atomic E-state index is 12.3. The molecule has 2 rings (SSSR count). The van der Waals surface area contributed by atoms with Crippen molar-refractivity contribution in [2.24, 2.45) is 23.4 Å². The number of amidine groups is 1. The first-order valence-corrected chi connectivity index (χ1v) is 5.87. The Kier molecular flexibility index (Phi) is 3.22. The number of nitrogens with one attached hydrogen (secondary N) is 1. The van der Waals surface area contributed by atoms with Crippen molar-refractivity contribution < 1.29 is 10.0 Å². The Morgan fingerprint density at radius 1 is 1.61 bits per heavy atom. The third-order valence-corrected chi connectivity index (χ3v) is 3.45. The largest absolute Gasteiger partial charge is 0.409 e. The fraction of sp³-hybridized carbons (Fsp3) is 0.545. The Balaban J connectivity index is 2.19. The molecule has 7 nitrogen and oxygen atoms in total. The van der Waals surface area contributed by atoms with Gasteiger partial charge in [-0.15, -0.1) is 0 Å². The van der Waals surface area contributed by atoms with E-state index in [1.807, 2.05) is 0 Å². The van der Waals surface area contributed by atoms with Crippen LogP contribution in [0.5, 0.6) is 0 Å². The van der Waals surface area contributed by atoms with Gasteiger partial charge in [0.25, 0.3) is 0 Å². The minimum Gasteiger partial charge on any atom is -0.409 e. The van der Waals surface area contributed by atoms with Crippen LogP contribution in [0.4, 0.5) is 5.82 Å². The van der Waals surface area contributed by atoms with Crippen LogP contribution < -0.4 is 11.1 Å². The lowest BCUT2D eigenvalue weighted by Gasteiger charge is -2.25. The number of nitrogens with zero attached hydrogens (tertiary/aromatic N) is 3. The molecule has 0 saturated heterocycles. The van der Waals surface area contributed by atoms with E-state index in [0.717, 1.165) is 12.8 Å². The smallest absolute Gasteiger partial charge is 0.239 e. The number of nitrogens with two attached hydrogens (primary N) is 1. The molecular weight excluding hydrogens is 234 g/mol. The summed E-state index contributed by atoms with van der Waals surface area (Å²) >= 11 is 0. The highest BCUT2D eigenvalue weighted by Gasteiger charge is 2.45. The van der Waals surface area contributed by atoms with Gasteiger partial charge >= 0.3 is 0 Å². The van der Waals surface area contributed by atoms with Gasteiger partial charge in [-0.25, -0.2) is 0 Å². The predicted molar refractivity (Wildman–Crippen MR) is 66.1 cm³/mol. The Bertz CT molecular complexity index is 474. The summed E-state index contributed by atoms with van der Waals surface area (Å²) in [5.41, 5.74) is 4.79. The van der Waals surface area contributed by atoms with Crippen molar-refractivity contribution in [2.45, 2.75) is 25.7 Å². The van der Waals surface area contributed by atoms with Crippen LogP contribution in [-0.4, -0.2) is 26.7 Å². The average molecular weight is 251 g/mol. The molecule has 98 valence electrons. The third-order valence-electron chi connectivity index (χ3n) is 3.45. The van der Waals surface area contributed by atoms with Gasteiger partial charge in [-0.1, -0.05) is 18.0 Å². The molecule has 0 bridgehead atoms. The number of hydrogen-bond donors (Lipinski definition) is 3. The van der Waals surface area contributed by atoms with Crippen molar-refractivity contribution in [1.29, 1.82) is 0 Å². The maximum atomic E-state index is 12.3. The van der Waals surface area contributed by atoms with E-state index in [9.17, 15) is 4.79 Å². The quantitative estimate of drug-likeness (QED) is 0.317. The summed E-state index contributed by atoms with van der Waals surface area (Å²) in [4.78, 5) is 12.3. The normalized spacial score (nSPS) is 18.8. The lowest BCUT2D eigenvalue weighted by Crippen LogP contribution is -2.45. The number of hydrogen-bond acceptors (Lipinski definition) is 4. The van der Waals surface area contributed by atoms with Crippen LogP contribution in [0.2, 0.25) is 0 Å². The summed E-state index contributed by atoms with van der Waals surface area (Å²) in [6, 6.07) is 1.70. The maximum Gasteiger partial charge on any atom is 0.239 e. The summed E-state index contributed by atoms with van der Waals surface area (Å²) in [5.74, 6) is 0.196. The molecule has 0 aromatic carbocycles. The minimum absolute atomic E-state index is 0.0200. The zero-order chi connectivity index (χ0) is 13.2. The lowest BCUT2D eigenvalue weighted by atomic mass is 9.84. The highest BCUT2D eigenvalue weighted by molar-refractivity contribution is 6.11. The fourth-order valence-electron chi connectivity index (χ4n) is 2.39. The highest BCUT2D eigenvalue weighted by atomic mass is 16.4. The number of aryl methyl sites for hydroxylation is 1. The molecule has 1 amide bonds. The summed E-state index contributed by atoms with van der Waals surface area (Å²) in [7, 11) is 1.77. The molecule has 1 fully saturated rings. The topological polar surface area (TPSA) is 106 Å². The predicted octanol–water partition coefficient (Wildman–Crippen LogP) is 0.665. The first-order chi connectivity index (χ1) is 8.58. The third kappa shape index (κ3) is 2.03. The van der Waals surface area contributed by atoms with Crippen molar-refractivity contribution in [3.8, 4) is 0 Å². The van der Waals surface area contributed by atoms with Crippen molar-refractivity contribution in [3.63, 3.8) is 0 Å². The number of anilines is 1. The second-order valence-electron chi connectivity index (χ2n) is 4.60. The molecule has 18 heavy (non-hydrogen) atoms. The number of aromatic nitrogens is 2. The number of carbonyl (C=O) groups excluding carboxylic acids is 1. The van der Waals surface area contributed by atoms with Gasteiger partial charge in [0.1, 0.15) is 5.41 Å². The minimum atomic E-state index is -0.897. The highest BCUT2D eigenvalue weighted by Crippen LogP contribution is 2.39. The molecular formula is C11H17N5O2. The second-order valence-corrected chi connectivity index (χ2v) is 4.60. The van der Waals surface area contributed by atoms with Crippen LogP contribution in [0.25, 0.3) is 0 Å². The lowest BCUT2D eigenvalue weighted by molar-refractivity contribution is -0.122. The van der Waals surface area contributed by atoms with E-state index in [0.29, 0.717) is 18.7 Å². The molecule has 7 heteroatoms. The number of carbonyl (C=O) groups is 1. The summed E-state index contributed by atoms with van der Waals surface area (Å²) in [5, 5.41) is 18.7. The van der Waals surface area contributed by atoms with Crippen LogP contribution in [0.1, 0.15) is 25.7 Å². The van der Waals surface area contributed by atoms with Crippen LogP contribution in [0, 0.1) is 5.41 Å². The van der Waals surface area contributed by atoms with Crippen molar-refractivity contribution >= 4 is 17.6 Å². The van der Waals surface area contributed by atoms with E-state index in [4.69, 9.17) is 10.9 Å². The Morgan fingerprint density at radius 3 is 2.78 bits per heavy atom. The van der Waals surface area contributed by atoms with Gasteiger partial charge in [0, 0.05) is 19.3 Å². The van der Waals surface area contributed by atoms with Crippen molar-refractivity contribution in [1.82, 2.24) is 9.78 Å². The van der Waals surface area contributed by atoms with E-state index < -0.39 is 5.41 Å². The monoisotopic (exact) mass is 251 g/mol. The van der Waals surface area contributed by atoms with E-state index in [2.05, 4.69) is 15.6 Å². The van der Waals surface area contributed by atoms with Gasteiger partial charge in [0.2, 0.25) is 5.91 Å². The van der Waals surface area contributed by atoms with Gasteiger partial charge < -0.3 is 16.3 Å². The summed E-state index contributed by atoms with van der Waals surface area (Å²) < 4.78 is 1.60. The molecule has 0 unspecified atom stereocenters. The van der Waals surface area contributed by atoms with Gasteiger partial charge in [-0.05, 0) is 12.8 Å². The standard InChI is InChI=1S/C11H17N5O2/c1-16-7-4-8(14-16)13-10(17)11(9(12)15-18)5-2-3-6-11/h4,7,18H,2-3,5-6H2,1H3,(H2,12,15)(H,13,14,17).